The fourth-order valence-corrected chi connectivity index (χ4v) is 5.63. The molecule has 1 aliphatic rings. The second-order valence-electron chi connectivity index (χ2n) is 8.54. The molecule has 0 spiro atoms. The van der Waals surface area contributed by atoms with E-state index in [1.807, 2.05) is 42.5 Å². The lowest BCUT2D eigenvalue weighted by atomic mass is 9.96. The van der Waals surface area contributed by atoms with Crippen LogP contribution in [0.1, 0.15) is 40.3 Å². The Morgan fingerprint density at radius 3 is 2.47 bits per heavy atom. The molecule has 5 rings (SSSR count). The molecule has 1 aliphatic heterocycles. The molecular formula is C27H24BrFN4S. The Labute approximate surface area is 212 Å². The van der Waals surface area contributed by atoms with Gasteiger partial charge < -0.3 is 14.8 Å². The van der Waals surface area contributed by atoms with Gasteiger partial charge in [0.2, 0.25) is 0 Å². The van der Waals surface area contributed by atoms with Crippen LogP contribution in [0.4, 0.5) is 10.1 Å². The second-order valence-corrected chi connectivity index (χ2v) is 9.78. The third-order valence-corrected chi connectivity index (χ3v) is 7.39. The Morgan fingerprint density at radius 1 is 1.00 bits per heavy atom. The number of hydrogen-bond acceptors (Lipinski definition) is 2. The van der Waals surface area contributed by atoms with Crippen LogP contribution in [-0.4, -0.2) is 14.7 Å². The van der Waals surface area contributed by atoms with Crippen molar-refractivity contribution in [2.75, 3.05) is 4.90 Å². The zero-order chi connectivity index (χ0) is 24.0. The van der Waals surface area contributed by atoms with Gasteiger partial charge in [0.1, 0.15) is 5.82 Å². The van der Waals surface area contributed by atoms with Crippen LogP contribution in [0.3, 0.4) is 0 Å². The van der Waals surface area contributed by atoms with E-state index in [1.165, 1.54) is 6.07 Å². The number of rotatable bonds is 4. The lowest BCUT2D eigenvalue weighted by molar-refractivity contribution is 0.564. The number of aromatic nitrogens is 2. The topological polar surface area (TPSA) is 33.1 Å². The summed E-state index contributed by atoms with van der Waals surface area (Å²) in [5, 5.41) is 4.09. The number of aryl methyl sites for hydroxylation is 2. The predicted octanol–water partition coefficient (Wildman–Crippen LogP) is 6.88. The molecule has 1 saturated heterocycles. The lowest BCUT2D eigenvalue weighted by Crippen LogP contribution is -2.29. The number of thiocarbonyl (C=S) groups is 1. The van der Waals surface area contributed by atoms with Gasteiger partial charge in [-0.05, 0) is 109 Å². The molecule has 2 unspecified atom stereocenters. The van der Waals surface area contributed by atoms with E-state index in [2.05, 4.69) is 61.7 Å². The zero-order valence-electron chi connectivity index (χ0n) is 19.1. The second kappa shape index (κ2) is 8.96. The quantitative estimate of drug-likeness (QED) is 0.289. The van der Waals surface area contributed by atoms with Crippen LogP contribution in [0.25, 0.3) is 5.69 Å². The van der Waals surface area contributed by atoms with Gasteiger partial charge in [-0.3, -0.25) is 4.98 Å². The van der Waals surface area contributed by atoms with Crippen molar-refractivity contribution in [2.45, 2.75) is 32.9 Å². The summed E-state index contributed by atoms with van der Waals surface area (Å²) >= 11 is 9.53. The summed E-state index contributed by atoms with van der Waals surface area (Å²) < 4.78 is 17.4. The third-order valence-electron chi connectivity index (χ3n) is 6.40. The molecule has 2 aromatic heterocycles. The van der Waals surface area contributed by atoms with E-state index in [1.54, 1.807) is 19.2 Å². The molecule has 172 valence electrons. The highest BCUT2D eigenvalue weighted by molar-refractivity contribution is 9.10. The van der Waals surface area contributed by atoms with Gasteiger partial charge in [0.15, 0.2) is 5.11 Å². The molecule has 1 N–H and O–H groups in total. The Kier molecular flexibility index (Phi) is 6.00. The van der Waals surface area contributed by atoms with Gasteiger partial charge in [0, 0.05) is 27.7 Å². The van der Waals surface area contributed by atoms with Crippen molar-refractivity contribution in [1.82, 2.24) is 14.9 Å². The molecule has 2 aromatic carbocycles. The summed E-state index contributed by atoms with van der Waals surface area (Å²) in [4.78, 5) is 6.73. The normalized spacial score (nSPS) is 17.8. The number of halogens is 2. The highest BCUT2D eigenvalue weighted by Crippen LogP contribution is 2.44. The number of nitrogens with one attached hydrogen (secondary N) is 1. The van der Waals surface area contributed by atoms with E-state index in [4.69, 9.17) is 12.2 Å². The summed E-state index contributed by atoms with van der Waals surface area (Å²) in [6.07, 6.45) is 1.80. The van der Waals surface area contributed by atoms with Gasteiger partial charge in [0.05, 0.1) is 23.5 Å². The van der Waals surface area contributed by atoms with Gasteiger partial charge >= 0.3 is 0 Å². The first-order chi connectivity index (χ1) is 16.4. The fraction of sp³-hybridized carbons (Fsp3) is 0.185. The largest absolute Gasteiger partial charge is 0.351 e. The minimum Gasteiger partial charge on any atom is -0.351 e. The number of para-hydroxylation sites is 1. The first-order valence-corrected chi connectivity index (χ1v) is 12.3. The van der Waals surface area contributed by atoms with Crippen LogP contribution < -0.4 is 10.2 Å². The summed E-state index contributed by atoms with van der Waals surface area (Å²) in [6, 6.07) is 21.1. The van der Waals surface area contributed by atoms with E-state index >= 15 is 0 Å². The first-order valence-electron chi connectivity index (χ1n) is 11.1. The molecule has 3 heterocycles. The van der Waals surface area contributed by atoms with Crippen molar-refractivity contribution in [3.05, 3.63) is 111 Å². The summed E-state index contributed by atoms with van der Waals surface area (Å²) in [7, 11) is 0. The molecular weight excluding hydrogens is 511 g/mol. The summed E-state index contributed by atoms with van der Waals surface area (Å²) in [5.41, 5.74) is 6.79. The van der Waals surface area contributed by atoms with Crippen LogP contribution in [0.5, 0.6) is 0 Å². The number of hydrogen-bond donors (Lipinski definition) is 1. The zero-order valence-corrected chi connectivity index (χ0v) is 21.5. The highest BCUT2D eigenvalue weighted by Gasteiger charge is 2.42. The molecule has 1 fully saturated rings. The van der Waals surface area contributed by atoms with Crippen molar-refractivity contribution in [1.29, 1.82) is 0 Å². The molecule has 34 heavy (non-hydrogen) atoms. The van der Waals surface area contributed by atoms with Crippen molar-refractivity contribution < 1.29 is 4.39 Å². The average Bonchev–Trinajstić information content (AvgIpc) is 3.32. The molecule has 2 atom stereocenters. The maximum atomic E-state index is 14.1. The average molecular weight is 535 g/mol. The number of pyridine rings is 1. The van der Waals surface area contributed by atoms with E-state index in [9.17, 15) is 4.39 Å². The minimum absolute atomic E-state index is 0.158. The molecule has 4 aromatic rings. The first kappa shape index (κ1) is 22.7. The van der Waals surface area contributed by atoms with Gasteiger partial charge in [-0.25, -0.2) is 4.39 Å². The minimum atomic E-state index is -0.230. The third kappa shape index (κ3) is 3.83. The Morgan fingerprint density at radius 2 is 1.76 bits per heavy atom. The number of benzene rings is 2. The fourth-order valence-electron chi connectivity index (χ4n) is 4.82. The van der Waals surface area contributed by atoms with Gasteiger partial charge in [-0.15, -0.1) is 0 Å². The van der Waals surface area contributed by atoms with Crippen LogP contribution in [-0.2, 0) is 0 Å². The van der Waals surface area contributed by atoms with Gasteiger partial charge in [0.25, 0.3) is 0 Å². The van der Waals surface area contributed by atoms with Crippen molar-refractivity contribution in [2.24, 2.45) is 0 Å². The molecule has 0 aliphatic carbocycles. The SMILES string of the molecule is Cc1cc(N2C(=S)NC(c3ccccn3)C2c2cc(C)n(-c3ccccc3Br)c2C)ccc1F. The van der Waals surface area contributed by atoms with Crippen LogP contribution >= 0.6 is 28.1 Å². The lowest BCUT2D eigenvalue weighted by Gasteiger charge is -2.28. The summed E-state index contributed by atoms with van der Waals surface area (Å²) in [6.45, 7) is 6.01. The Hall–Kier alpha value is -3.03. The standard InChI is InChI=1S/C27H24BrFN4S/c1-16-14-19(11-12-22(16)29)33-26(25(31-27(33)34)23-9-6-7-13-30-23)20-15-17(2)32(18(20)3)24-10-5-4-8-21(24)28/h4-15,25-26H,1-3H3,(H,31,34). The van der Waals surface area contributed by atoms with E-state index in [0.29, 0.717) is 10.7 Å². The van der Waals surface area contributed by atoms with E-state index in [-0.39, 0.29) is 17.9 Å². The molecule has 0 bridgehead atoms. The molecule has 7 heteroatoms. The Bertz CT molecular complexity index is 1380. The maximum absolute atomic E-state index is 14.1. The molecule has 0 amide bonds. The van der Waals surface area contributed by atoms with Crippen molar-refractivity contribution >= 4 is 38.9 Å². The monoisotopic (exact) mass is 534 g/mol. The van der Waals surface area contributed by atoms with E-state index in [0.717, 1.165) is 38.5 Å². The van der Waals surface area contributed by atoms with Crippen LogP contribution in [0, 0.1) is 26.6 Å². The van der Waals surface area contributed by atoms with E-state index < -0.39 is 0 Å². The highest BCUT2D eigenvalue weighted by atomic mass is 79.9. The number of nitrogens with zero attached hydrogens (tertiary/aromatic N) is 3. The van der Waals surface area contributed by atoms with Gasteiger partial charge in [-0.1, -0.05) is 18.2 Å². The molecule has 0 radical (unpaired) electrons. The van der Waals surface area contributed by atoms with Crippen LogP contribution in [0.2, 0.25) is 0 Å². The van der Waals surface area contributed by atoms with Crippen LogP contribution in [0.15, 0.2) is 77.4 Å². The van der Waals surface area contributed by atoms with Gasteiger partial charge in [-0.2, -0.15) is 0 Å². The number of anilines is 1. The molecule has 4 nitrogen and oxygen atoms in total. The Balaban J connectivity index is 1.70. The smallest absolute Gasteiger partial charge is 0.174 e. The molecule has 0 saturated carbocycles. The summed E-state index contributed by atoms with van der Waals surface area (Å²) in [5.74, 6) is -0.230. The maximum Gasteiger partial charge on any atom is 0.174 e. The van der Waals surface area contributed by atoms with Crippen molar-refractivity contribution in [3.8, 4) is 5.69 Å². The predicted molar refractivity (Wildman–Crippen MR) is 142 cm³/mol. The van der Waals surface area contributed by atoms with Crippen molar-refractivity contribution in [3.63, 3.8) is 0 Å².